The van der Waals surface area contributed by atoms with Gasteiger partial charge in [-0.25, -0.2) is 0 Å². The van der Waals surface area contributed by atoms with Crippen molar-refractivity contribution in [1.29, 1.82) is 0 Å². The Labute approximate surface area is 108 Å². The molecule has 0 atom stereocenters. The largest absolute Gasteiger partial charge is 0.508 e. The summed E-state index contributed by atoms with van der Waals surface area (Å²) < 4.78 is 0. The first kappa shape index (κ1) is 12.9. The molecule has 0 aromatic heterocycles. The van der Waals surface area contributed by atoms with E-state index in [2.05, 4.69) is 6.92 Å². The number of hydrogen-bond donors (Lipinski definition) is 1. The highest BCUT2D eigenvalue weighted by Gasteiger charge is 2.20. The summed E-state index contributed by atoms with van der Waals surface area (Å²) in [5.41, 5.74) is 4.07. The molecule has 2 heteroatoms. The Balaban J connectivity index is 2.53. The maximum atomic E-state index is 11.8. The van der Waals surface area contributed by atoms with Crippen LogP contribution in [0.15, 0.2) is 23.8 Å². The van der Waals surface area contributed by atoms with E-state index in [1.807, 2.05) is 19.1 Å². The third-order valence-electron chi connectivity index (χ3n) is 3.68. The van der Waals surface area contributed by atoms with Crippen LogP contribution in [0.2, 0.25) is 0 Å². The third-order valence-corrected chi connectivity index (χ3v) is 3.68. The van der Waals surface area contributed by atoms with E-state index in [4.69, 9.17) is 0 Å². The van der Waals surface area contributed by atoms with Gasteiger partial charge in [0.2, 0.25) is 0 Å². The van der Waals surface area contributed by atoms with E-state index < -0.39 is 0 Å². The second-order valence-electron chi connectivity index (χ2n) is 4.93. The normalized spacial score (nSPS) is 16.2. The van der Waals surface area contributed by atoms with Gasteiger partial charge in [-0.05, 0) is 49.0 Å². The number of hydrogen-bond acceptors (Lipinski definition) is 2. The van der Waals surface area contributed by atoms with Crippen LogP contribution in [-0.2, 0) is 11.2 Å². The van der Waals surface area contributed by atoms with Crippen molar-refractivity contribution in [3.8, 4) is 5.75 Å². The Morgan fingerprint density at radius 2 is 2.06 bits per heavy atom. The van der Waals surface area contributed by atoms with Crippen molar-refractivity contribution in [1.82, 2.24) is 0 Å². The van der Waals surface area contributed by atoms with Crippen molar-refractivity contribution in [2.45, 2.75) is 46.0 Å². The first-order valence-corrected chi connectivity index (χ1v) is 6.69. The molecule has 0 heterocycles. The zero-order valence-corrected chi connectivity index (χ0v) is 11.1. The molecule has 1 aromatic carbocycles. The minimum atomic E-state index is 0.252. The molecule has 1 aliphatic carbocycles. The van der Waals surface area contributed by atoms with Gasteiger partial charge >= 0.3 is 0 Å². The molecule has 0 amide bonds. The van der Waals surface area contributed by atoms with Crippen LogP contribution >= 0.6 is 0 Å². The molecule has 0 fully saturated rings. The number of carbonyl (C=O) groups excluding carboxylic acids is 1. The summed E-state index contributed by atoms with van der Waals surface area (Å²) in [5.74, 6) is 0.606. The Morgan fingerprint density at radius 1 is 1.28 bits per heavy atom. The van der Waals surface area contributed by atoms with Crippen LogP contribution in [0.1, 0.15) is 50.7 Å². The van der Waals surface area contributed by atoms with Crippen LogP contribution in [0.3, 0.4) is 0 Å². The highest BCUT2D eigenvalue weighted by atomic mass is 16.3. The maximum absolute atomic E-state index is 11.8. The average molecular weight is 244 g/mol. The van der Waals surface area contributed by atoms with Gasteiger partial charge in [0.25, 0.3) is 0 Å². The smallest absolute Gasteiger partial charge is 0.158 e. The van der Waals surface area contributed by atoms with Gasteiger partial charge in [-0.15, -0.1) is 0 Å². The van der Waals surface area contributed by atoms with Gasteiger partial charge in [-0.2, -0.15) is 0 Å². The topological polar surface area (TPSA) is 37.3 Å². The molecule has 2 rings (SSSR count). The van der Waals surface area contributed by atoms with E-state index in [0.717, 1.165) is 48.0 Å². The molecule has 2 nitrogen and oxygen atoms in total. The Hall–Kier alpha value is -1.57. The fourth-order valence-corrected chi connectivity index (χ4v) is 2.68. The van der Waals surface area contributed by atoms with Crippen molar-refractivity contribution >= 4 is 11.4 Å². The fraction of sp³-hybridized carbons (Fsp3) is 0.438. The SMILES string of the molecule is CCCc1c(O)cccc1C1=C(C)C(=O)CCC1. The van der Waals surface area contributed by atoms with Gasteiger partial charge in [-0.1, -0.05) is 25.5 Å². The average Bonchev–Trinajstić information content (AvgIpc) is 2.36. The van der Waals surface area contributed by atoms with E-state index in [1.54, 1.807) is 6.07 Å². The predicted molar refractivity (Wildman–Crippen MR) is 73.6 cm³/mol. The van der Waals surface area contributed by atoms with Crippen LogP contribution in [0.4, 0.5) is 0 Å². The van der Waals surface area contributed by atoms with Gasteiger partial charge < -0.3 is 5.11 Å². The van der Waals surface area contributed by atoms with Crippen molar-refractivity contribution in [2.24, 2.45) is 0 Å². The quantitative estimate of drug-likeness (QED) is 0.876. The molecule has 0 spiro atoms. The molecule has 0 unspecified atom stereocenters. The molecule has 18 heavy (non-hydrogen) atoms. The molecule has 1 aromatic rings. The summed E-state index contributed by atoms with van der Waals surface area (Å²) in [7, 11) is 0. The van der Waals surface area contributed by atoms with Crippen LogP contribution in [0.25, 0.3) is 5.57 Å². The first-order valence-electron chi connectivity index (χ1n) is 6.69. The summed E-state index contributed by atoms with van der Waals surface area (Å²) in [6, 6.07) is 5.63. The summed E-state index contributed by atoms with van der Waals surface area (Å²) in [4.78, 5) is 11.8. The molecule has 0 radical (unpaired) electrons. The van der Waals surface area contributed by atoms with Gasteiger partial charge in [-0.3, -0.25) is 4.79 Å². The van der Waals surface area contributed by atoms with E-state index in [-0.39, 0.29) is 5.78 Å². The molecule has 1 aliphatic rings. The van der Waals surface area contributed by atoms with Crippen LogP contribution in [0.5, 0.6) is 5.75 Å². The van der Waals surface area contributed by atoms with E-state index in [9.17, 15) is 9.90 Å². The lowest BCUT2D eigenvalue weighted by Gasteiger charge is -2.20. The lowest BCUT2D eigenvalue weighted by Crippen LogP contribution is -2.09. The standard InChI is InChI=1S/C16H20O2/c1-3-6-14-13(8-5-10-16(14)18)12-7-4-9-15(17)11(12)2/h5,8,10,18H,3-4,6-7,9H2,1-2H3. The van der Waals surface area contributed by atoms with Crippen LogP contribution in [-0.4, -0.2) is 10.9 Å². The number of rotatable bonds is 3. The Bertz CT molecular complexity index is 498. The van der Waals surface area contributed by atoms with E-state index >= 15 is 0 Å². The van der Waals surface area contributed by atoms with E-state index in [1.165, 1.54) is 0 Å². The first-order chi connectivity index (χ1) is 8.65. The Morgan fingerprint density at radius 3 is 2.78 bits per heavy atom. The van der Waals surface area contributed by atoms with Gasteiger partial charge in [0.05, 0.1) is 0 Å². The number of carbonyl (C=O) groups is 1. The summed E-state index contributed by atoms with van der Waals surface area (Å²) in [5, 5.41) is 10.00. The molecule has 0 saturated carbocycles. The number of phenols is 1. The summed E-state index contributed by atoms with van der Waals surface area (Å²) in [6.45, 7) is 4.01. The second kappa shape index (κ2) is 5.38. The van der Waals surface area contributed by atoms with Crippen molar-refractivity contribution < 1.29 is 9.90 Å². The van der Waals surface area contributed by atoms with Gasteiger partial charge in [0.1, 0.15) is 5.75 Å². The highest BCUT2D eigenvalue weighted by Crippen LogP contribution is 2.35. The summed E-state index contributed by atoms with van der Waals surface area (Å²) in [6.07, 6.45) is 4.37. The molecular formula is C16H20O2. The zero-order chi connectivity index (χ0) is 13.1. The van der Waals surface area contributed by atoms with Gasteiger partial charge in [0, 0.05) is 12.0 Å². The van der Waals surface area contributed by atoms with Crippen LogP contribution < -0.4 is 0 Å². The molecule has 0 saturated heterocycles. The maximum Gasteiger partial charge on any atom is 0.158 e. The molecular weight excluding hydrogens is 224 g/mol. The lowest BCUT2D eigenvalue weighted by atomic mass is 9.84. The highest BCUT2D eigenvalue weighted by molar-refractivity contribution is 6.03. The minimum Gasteiger partial charge on any atom is -0.508 e. The molecule has 0 aliphatic heterocycles. The second-order valence-corrected chi connectivity index (χ2v) is 4.93. The number of benzene rings is 1. The number of aromatic hydroxyl groups is 1. The number of phenolic OH excluding ortho intramolecular Hbond substituents is 1. The zero-order valence-electron chi connectivity index (χ0n) is 11.1. The van der Waals surface area contributed by atoms with Gasteiger partial charge in [0.15, 0.2) is 5.78 Å². The number of Topliss-reactive ketones (excluding diaryl/α,β-unsaturated/α-hetero) is 1. The molecule has 1 N–H and O–H groups in total. The minimum absolute atomic E-state index is 0.252. The third kappa shape index (κ3) is 2.33. The molecule has 0 bridgehead atoms. The van der Waals surface area contributed by atoms with Crippen molar-refractivity contribution in [2.75, 3.05) is 0 Å². The predicted octanol–water partition coefficient (Wildman–Crippen LogP) is 3.87. The Kier molecular flexibility index (Phi) is 3.85. The molecule has 96 valence electrons. The van der Waals surface area contributed by atoms with Crippen molar-refractivity contribution in [3.63, 3.8) is 0 Å². The fourth-order valence-electron chi connectivity index (χ4n) is 2.68. The monoisotopic (exact) mass is 244 g/mol. The van der Waals surface area contributed by atoms with E-state index in [0.29, 0.717) is 12.2 Å². The van der Waals surface area contributed by atoms with Crippen LogP contribution in [0, 0.1) is 0 Å². The lowest BCUT2D eigenvalue weighted by molar-refractivity contribution is -0.115. The number of allylic oxidation sites excluding steroid dienone is 2. The van der Waals surface area contributed by atoms with Crippen molar-refractivity contribution in [3.05, 3.63) is 34.9 Å². The summed E-state index contributed by atoms with van der Waals surface area (Å²) >= 11 is 0. The number of ketones is 1.